The zero-order valence-corrected chi connectivity index (χ0v) is 16.7. The van der Waals surface area contributed by atoms with Crippen LogP contribution in [0.4, 0.5) is 18.9 Å². The molecule has 160 valence electrons. The van der Waals surface area contributed by atoms with Crippen molar-refractivity contribution in [2.45, 2.75) is 38.0 Å². The second-order valence-corrected chi connectivity index (χ2v) is 7.51. The number of alkyl halides is 3. The lowest BCUT2D eigenvalue weighted by molar-refractivity contribution is -0.137. The van der Waals surface area contributed by atoms with Gasteiger partial charge in [0.25, 0.3) is 11.8 Å². The van der Waals surface area contributed by atoms with E-state index in [2.05, 4.69) is 20.5 Å². The maximum atomic E-state index is 13.4. The summed E-state index contributed by atoms with van der Waals surface area (Å²) in [7, 11) is 1.99. The topological polar surface area (TPSA) is 74.3 Å². The minimum absolute atomic E-state index is 0.103. The van der Waals surface area contributed by atoms with Gasteiger partial charge in [-0.05, 0) is 57.1 Å². The van der Waals surface area contributed by atoms with E-state index in [4.69, 9.17) is 0 Å². The van der Waals surface area contributed by atoms with Crippen LogP contribution in [0, 0.1) is 0 Å². The first-order valence-corrected chi connectivity index (χ1v) is 9.58. The number of pyridine rings is 1. The molecule has 1 aliphatic heterocycles. The highest BCUT2D eigenvalue weighted by Crippen LogP contribution is 2.32. The van der Waals surface area contributed by atoms with Crippen molar-refractivity contribution in [3.63, 3.8) is 0 Å². The number of hydrogen-bond acceptors (Lipinski definition) is 4. The van der Waals surface area contributed by atoms with E-state index in [-0.39, 0.29) is 28.9 Å². The van der Waals surface area contributed by atoms with Gasteiger partial charge in [-0.25, -0.2) is 0 Å². The third-order valence-corrected chi connectivity index (χ3v) is 5.27. The largest absolute Gasteiger partial charge is 0.416 e. The number of nitrogens with one attached hydrogen (secondary N) is 2. The number of nitrogens with zero attached hydrogens (tertiary/aromatic N) is 2. The summed E-state index contributed by atoms with van der Waals surface area (Å²) < 4.78 is 40.1. The van der Waals surface area contributed by atoms with Crippen LogP contribution in [-0.2, 0) is 6.18 Å². The molecule has 0 bridgehead atoms. The molecule has 0 unspecified atom stereocenters. The van der Waals surface area contributed by atoms with Gasteiger partial charge in [0.2, 0.25) is 0 Å². The summed E-state index contributed by atoms with van der Waals surface area (Å²) >= 11 is 0. The molecule has 1 aromatic heterocycles. The maximum absolute atomic E-state index is 13.4. The molecule has 2 atom stereocenters. The average Bonchev–Trinajstić information content (AvgIpc) is 2.70. The lowest BCUT2D eigenvalue weighted by Gasteiger charge is -2.35. The number of halogens is 3. The number of rotatable bonds is 4. The van der Waals surface area contributed by atoms with Crippen LogP contribution >= 0.6 is 0 Å². The van der Waals surface area contributed by atoms with Crippen LogP contribution in [0.3, 0.4) is 0 Å². The van der Waals surface area contributed by atoms with Gasteiger partial charge in [0.05, 0.1) is 5.56 Å². The Morgan fingerprint density at radius 1 is 1.10 bits per heavy atom. The second kappa shape index (κ2) is 8.83. The first-order chi connectivity index (χ1) is 14.1. The van der Waals surface area contributed by atoms with Crippen LogP contribution in [-0.4, -0.2) is 47.4 Å². The zero-order chi connectivity index (χ0) is 21.9. The monoisotopic (exact) mass is 420 g/mol. The molecule has 2 amide bonds. The molecule has 1 aliphatic rings. The second-order valence-electron chi connectivity index (χ2n) is 7.51. The molecule has 2 N–H and O–H groups in total. The van der Waals surface area contributed by atoms with Crippen molar-refractivity contribution in [1.82, 2.24) is 15.2 Å². The number of amides is 2. The van der Waals surface area contributed by atoms with Crippen molar-refractivity contribution < 1.29 is 22.8 Å². The highest BCUT2D eigenvalue weighted by atomic mass is 19.4. The number of likely N-dealkylation sites (tertiary alicyclic amines) is 1. The van der Waals surface area contributed by atoms with E-state index < -0.39 is 23.6 Å². The zero-order valence-electron chi connectivity index (χ0n) is 16.7. The fourth-order valence-corrected chi connectivity index (χ4v) is 3.39. The highest BCUT2D eigenvalue weighted by Gasteiger charge is 2.32. The molecule has 2 heterocycles. The molecule has 1 saturated heterocycles. The Balaban J connectivity index is 1.82. The number of carbonyl (C=O) groups is 2. The standard InChI is InChI=1S/C21H23F3N4O2/c1-13-9-17(5-8-28(13)2)26-20(30)15-10-16(21(22,23)24)12-18(11-15)27-19(29)14-3-6-25-7-4-14/h3-4,6-7,10-13,17H,5,8-9H2,1-2H3,(H,26,30)(H,27,29)/t13-,17+/m1/s1. The Morgan fingerprint density at radius 3 is 2.43 bits per heavy atom. The molecule has 6 nitrogen and oxygen atoms in total. The van der Waals surface area contributed by atoms with Crippen LogP contribution in [0.25, 0.3) is 0 Å². The minimum Gasteiger partial charge on any atom is -0.349 e. The van der Waals surface area contributed by atoms with Crippen molar-refractivity contribution in [2.24, 2.45) is 0 Å². The van der Waals surface area contributed by atoms with Crippen LogP contribution in [0.2, 0.25) is 0 Å². The normalized spacial score (nSPS) is 19.9. The van der Waals surface area contributed by atoms with Gasteiger partial charge in [-0.15, -0.1) is 0 Å². The Morgan fingerprint density at radius 2 is 1.80 bits per heavy atom. The lowest BCUT2D eigenvalue weighted by atomic mass is 9.98. The third kappa shape index (κ3) is 5.35. The molecule has 9 heteroatoms. The maximum Gasteiger partial charge on any atom is 0.416 e. The predicted molar refractivity (Wildman–Crippen MR) is 106 cm³/mol. The number of hydrogen-bond donors (Lipinski definition) is 2. The summed E-state index contributed by atoms with van der Waals surface area (Å²) in [5, 5.41) is 5.25. The molecule has 0 saturated carbocycles. The van der Waals surface area contributed by atoms with Gasteiger partial charge < -0.3 is 15.5 Å². The first kappa shape index (κ1) is 21.8. The van der Waals surface area contributed by atoms with Gasteiger partial charge in [-0.1, -0.05) is 0 Å². The Kier molecular flexibility index (Phi) is 6.40. The molecule has 3 rings (SSSR count). The van der Waals surface area contributed by atoms with Gasteiger partial charge in [-0.2, -0.15) is 13.2 Å². The fraction of sp³-hybridized carbons (Fsp3) is 0.381. The number of aromatic nitrogens is 1. The summed E-state index contributed by atoms with van der Waals surface area (Å²) in [6.45, 7) is 2.83. The van der Waals surface area contributed by atoms with Crippen LogP contribution < -0.4 is 10.6 Å². The first-order valence-electron chi connectivity index (χ1n) is 9.58. The molecular formula is C21H23F3N4O2. The summed E-state index contributed by atoms with van der Waals surface area (Å²) in [6.07, 6.45) is -0.413. The summed E-state index contributed by atoms with van der Waals surface area (Å²) in [5.41, 5.74) is -1.01. The van der Waals surface area contributed by atoms with Crippen molar-refractivity contribution in [3.05, 3.63) is 59.4 Å². The third-order valence-electron chi connectivity index (χ3n) is 5.27. The average molecular weight is 420 g/mol. The number of carbonyl (C=O) groups excluding carboxylic acids is 2. The number of benzene rings is 1. The van der Waals surface area contributed by atoms with Gasteiger partial charge in [0.1, 0.15) is 0 Å². The fourth-order valence-electron chi connectivity index (χ4n) is 3.39. The Hall–Kier alpha value is -2.94. The van der Waals surface area contributed by atoms with Crippen molar-refractivity contribution >= 4 is 17.5 Å². The molecule has 1 aromatic carbocycles. The number of piperidine rings is 1. The molecule has 30 heavy (non-hydrogen) atoms. The quantitative estimate of drug-likeness (QED) is 0.793. The Labute approximate surface area is 172 Å². The van der Waals surface area contributed by atoms with E-state index in [0.717, 1.165) is 25.1 Å². The SMILES string of the molecule is C[C@@H]1C[C@@H](NC(=O)c2cc(NC(=O)c3ccncc3)cc(C(F)(F)F)c2)CCN1C. The van der Waals surface area contributed by atoms with Crippen molar-refractivity contribution in [3.8, 4) is 0 Å². The number of anilines is 1. The van der Waals surface area contributed by atoms with Crippen molar-refractivity contribution in [1.29, 1.82) is 0 Å². The summed E-state index contributed by atoms with van der Waals surface area (Å²) in [5.74, 6) is -1.19. The lowest BCUT2D eigenvalue weighted by Crippen LogP contribution is -2.47. The summed E-state index contributed by atoms with van der Waals surface area (Å²) in [6, 6.07) is 5.90. The highest BCUT2D eigenvalue weighted by molar-refractivity contribution is 6.05. The van der Waals surface area contributed by atoms with E-state index in [9.17, 15) is 22.8 Å². The molecule has 0 spiro atoms. The van der Waals surface area contributed by atoms with Crippen LogP contribution in [0.5, 0.6) is 0 Å². The molecule has 2 aromatic rings. The molecule has 0 aliphatic carbocycles. The van der Waals surface area contributed by atoms with Gasteiger partial charge >= 0.3 is 6.18 Å². The van der Waals surface area contributed by atoms with E-state index >= 15 is 0 Å². The molecule has 0 radical (unpaired) electrons. The van der Waals surface area contributed by atoms with Crippen LogP contribution in [0.1, 0.15) is 46.0 Å². The van der Waals surface area contributed by atoms with E-state index in [1.165, 1.54) is 30.6 Å². The smallest absolute Gasteiger partial charge is 0.349 e. The molecular weight excluding hydrogens is 397 g/mol. The van der Waals surface area contributed by atoms with Crippen LogP contribution in [0.15, 0.2) is 42.7 Å². The van der Waals surface area contributed by atoms with Gasteiger partial charge in [0.15, 0.2) is 0 Å². The minimum atomic E-state index is -4.66. The van der Waals surface area contributed by atoms with E-state index in [0.29, 0.717) is 6.42 Å². The Bertz CT molecular complexity index is 918. The van der Waals surface area contributed by atoms with Gasteiger partial charge in [0, 0.05) is 47.8 Å². The molecule has 1 fully saturated rings. The van der Waals surface area contributed by atoms with E-state index in [1.807, 2.05) is 14.0 Å². The van der Waals surface area contributed by atoms with E-state index in [1.54, 1.807) is 0 Å². The predicted octanol–water partition coefficient (Wildman–Crippen LogP) is 3.57. The van der Waals surface area contributed by atoms with Crippen molar-refractivity contribution in [2.75, 3.05) is 18.9 Å². The summed E-state index contributed by atoms with van der Waals surface area (Å²) in [4.78, 5) is 31.0. The van der Waals surface area contributed by atoms with Gasteiger partial charge in [-0.3, -0.25) is 14.6 Å².